The summed E-state index contributed by atoms with van der Waals surface area (Å²) in [4.78, 5) is 33.4. The van der Waals surface area contributed by atoms with E-state index in [1.54, 1.807) is 11.0 Å². The number of amides is 2. The van der Waals surface area contributed by atoms with Crippen molar-refractivity contribution in [2.24, 2.45) is 5.92 Å². The maximum Gasteiger partial charge on any atom is 0.270 e. The number of halogens is 3. The predicted molar refractivity (Wildman–Crippen MR) is 133 cm³/mol. The van der Waals surface area contributed by atoms with Crippen molar-refractivity contribution in [3.63, 3.8) is 0 Å². The van der Waals surface area contributed by atoms with Crippen LogP contribution in [0.3, 0.4) is 0 Å². The molecule has 0 bridgehead atoms. The van der Waals surface area contributed by atoms with Gasteiger partial charge < -0.3 is 14.8 Å². The van der Waals surface area contributed by atoms with E-state index in [1.165, 1.54) is 17.0 Å². The van der Waals surface area contributed by atoms with Gasteiger partial charge in [0.2, 0.25) is 5.91 Å². The fourth-order valence-electron chi connectivity index (χ4n) is 7.14. The van der Waals surface area contributed by atoms with Crippen molar-refractivity contribution in [3.8, 4) is 0 Å². The Kier molecular flexibility index (Phi) is 6.02. The predicted octanol–water partition coefficient (Wildman–Crippen LogP) is 3.70. The van der Waals surface area contributed by atoms with Gasteiger partial charge in [0.1, 0.15) is 17.6 Å². The average molecular weight is 518 g/mol. The van der Waals surface area contributed by atoms with Gasteiger partial charge in [-0.3, -0.25) is 9.59 Å². The molecular weight excluding hydrogens is 483 g/mol. The van der Waals surface area contributed by atoms with Crippen molar-refractivity contribution >= 4 is 22.7 Å². The fraction of sp³-hybridized carbons (Fsp3) is 0.630. The summed E-state index contributed by atoms with van der Waals surface area (Å²) in [5, 5.41) is 3.03. The van der Waals surface area contributed by atoms with Gasteiger partial charge in [-0.15, -0.1) is 0 Å². The average Bonchev–Trinajstić information content (AvgIpc) is 3.51. The minimum absolute atomic E-state index is 0.0533. The van der Waals surface area contributed by atoms with Crippen molar-refractivity contribution in [2.75, 3.05) is 32.7 Å². The van der Waals surface area contributed by atoms with Crippen molar-refractivity contribution in [2.45, 2.75) is 69.4 Å². The van der Waals surface area contributed by atoms with Gasteiger partial charge in [-0.05, 0) is 49.4 Å². The number of hydrazine groups is 1. The summed E-state index contributed by atoms with van der Waals surface area (Å²) in [7, 11) is 0. The number of H-pyrrole nitrogens is 1. The Bertz CT molecular complexity index is 1230. The lowest BCUT2D eigenvalue weighted by Gasteiger charge is -2.47. The number of benzene rings is 1. The van der Waals surface area contributed by atoms with Gasteiger partial charge in [-0.1, -0.05) is 19.8 Å². The molecule has 10 heteroatoms. The second-order valence-electron chi connectivity index (χ2n) is 11.2. The van der Waals surface area contributed by atoms with E-state index in [1.807, 2.05) is 6.92 Å². The molecule has 0 saturated carbocycles. The second kappa shape index (κ2) is 9.01. The van der Waals surface area contributed by atoms with Gasteiger partial charge in [0.05, 0.1) is 6.54 Å². The van der Waals surface area contributed by atoms with Gasteiger partial charge in [0.25, 0.3) is 11.8 Å². The molecule has 1 spiro atoms. The number of fused-ring (bicyclic) bond motifs is 1. The summed E-state index contributed by atoms with van der Waals surface area (Å²) in [6.45, 7) is 3.17. The lowest BCUT2D eigenvalue weighted by atomic mass is 9.72. The van der Waals surface area contributed by atoms with Crippen LogP contribution >= 0.6 is 0 Å². The zero-order chi connectivity index (χ0) is 25.9. The van der Waals surface area contributed by atoms with E-state index in [2.05, 4.69) is 15.4 Å². The van der Waals surface area contributed by atoms with E-state index in [9.17, 15) is 22.8 Å². The van der Waals surface area contributed by atoms with Crippen molar-refractivity contribution in [1.29, 1.82) is 0 Å². The van der Waals surface area contributed by atoms with Gasteiger partial charge in [0, 0.05) is 55.0 Å². The second-order valence-corrected chi connectivity index (χ2v) is 11.2. The molecule has 3 unspecified atom stereocenters. The molecular formula is C27H34F3N5O2. The highest BCUT2D eigenvalue weighted by atomic mass is 19.3. The fourth-order valence-corrected chi connectivity index (χ4v) is 7.14. The Morgan fingerprint density at radius 3 is 2.59 bits per heavy atom. The normalized spacial score (nSPS) is 29.8. The number of rotatable bonds is 3. The molecule has 1 aromatic carbocycles. The van der Waals surface area contributed by atoms with Crippen molar-refractivity contribution < 1.29 is 22.8 Å². The number of carbonyl (C=O) groups excluding carboxylic acids is 2. The molecule has 1 aromatic heterocycles. The summed E-state index contributed by atoms with van der Waals surface area (Å²) in [5.41, 5.74) is 4.98. The van der Waals surface area contributed by atoms with Gasteiger partial charge in [-0.25, -0.2) is 23.6 Å². The van der Waals surface area contributed by atoms with Crippen molar-refractivity contribution in [3.05, 3.63) is 35.3 Å². The van der Waals surface area contributed by atoms with Crippen molar-refractivity contribution in [1.82, 2.24) is 25.2 Å². The largest absolute Gasteiger partial charge is 0.350 e. The number of piperidine rings is 1. The molecule has 2 N–H and O–H groups in total. The van der Waals surface area contributed by atoms with E-state index in [-0.39, 0.29) is 42.1 Å². The maximum absolute atomic E-state index is 14.1. The smallest absolute Gasteiger partial charge is 0.270 e. The number of hydrogen-bond acceptors (Lipinski definition) is 4. The molecule has 4 aliphatic rings. The highest BCUT2D eigenvalue weighted by Crippen LogP contribution is 2.46. The van der Waals surface area contributed by atoms with Gasteiger partial charge in [-0.2, -0.15) is 0 Å². The number of alkyl halides is 2. The van der Waals surface area contributed by atoms with E-state index in [4.69, 9.17) is 0 Å². The number of nitrogens with zero attached hydrogens (tertiary/aromatic N) is 3. The summed E-state index contributed by atoms with van der Waals surface area (Å²) in [6.07, 6.45) is 5.13. The first-order valence-electron chi connectivity index (χ1n) is 13.5. The molecule has 4 aliphatic heterocycles. The third-order valence-corrected chi connectivity index (χ3v) is 9.08. The Labute approximate surface area is 214 Å². The molecule has 7 nitrogen and oxygen atoms in total. The summed E-state index contributed by atoms with van der Waals surface area (Å²) in [6, 6.07) is 4.06. The van der Waals surface area contributed by atoms with E-state index in [0.29, 0.717) is 37.1 Å². The number of carbonyl (C=O) groups is 2. The number of nitrogens with one attached hydrogen (secondary N) is 2. The maximum atomic E-state index is 14.1. The molecule has 0 radical (unpaired) electrons. The molecule has 3 atom stereocenters. The lowest BCUT2D eigenvalue weighted by molar-refractivity contribution is -0.135. The molecule has 6 rings (SSSR count). The van der Waals surface area contributed by atoms with Crippen LogP contribution in [0.5, 0.6) is 0 Å². The molecule has 4 fully saturated rings. The number of aryl methyl sites for hydroxylation is 1. The first-order valence-corrected chi connectivity index (χ1v) is 13.5. The monoisotopic (exact) mass is 517 g/mol. The highest BCUT2D eigenvalue weighted by molar-refractivity contribution is 5.99. The molecule has 2 amide bonds. The Hall–Kier alpha value is -2.59. The van der Waals surface area contributed by atoms with Crippen LogP contribution in [0, 0.1) is 11.7 Å². The molecule has 4 saturated heterocycles. The van der Waals surface area contributed by atoms with Crippen LogP contribution in [0.2, 0.25) is 0 Å². The first-order chi connectivity index (χ1) is 17.7. The summed E-state index contributed by atoms with van der Waals surface area (Å²) in [5.74, 6) is -3.86. The first kappa shape index (κ1) is 24.7. The molecule has 2 aromatic rings. The summed E-state index contributed by atoms with van der Waals surface area (Å²) < 4.78 is 42.0. The number of likely N-dealkylation sites (tertiary alicyclic amines) is 2. The number of aromatic nitrogens is 1. The standard InChI is InChI=1S/C27H34F3N5O2/c1-2-17-12-18(28)13-21-19(17)14-22(31-21)24(36)33-10-7-26-6-4-3-5-9-35(26)32-23(20(26)15-33)25(37)34-11-8-27(29,30)16-34/h12-14,20,23,31-32H,2-11,15-16H2,1H3. The Morgan fingerprint density at radius 2 is 1.84 bits per heavy atom. The molecule has 200 valence electrons. The van der Waals surface area contributed by atoms with Crippen LogP contribution in [0.25, 0.3) is 10.9 Å². The zero-order valence-corrected chi connectivity index (χ0v) is 21.2. The van der Waals surface area contributed by atoms with E-state index in [0.717, 1.165) is 43.2 Å². The SMILES string of the molecule is CCc1cc(F)cc2[nH]c(C(=O)N3CCC45CCCCCN4NC(C(=O)N4CCC(F)(F)C4)C5C3)cc12. The third-order valence-electron chi connectivity index (χ3n) is 9.08. The minimum Gasteiger partial charge on any atom is -0.350 e. The van der Waals surface area contributed by atoms with Crippen LogP contribution in [0.4, 0.5) is 13.2 Å². The number of hydrogen-bond donors (Lipinski definition) is 2. The van der Waals surface area contributed by atoms with E-state index < -0.39 is 18.5 Å². The van der Waals surface area contributed by atoms with Crippen LogP contribution in [0.15, 0.2) is 18.2 Å². The number of aromatic amines is 1. The van der Waals surface area contributed by atoms with Gasteiger partial charge in [0.15, 0.2) is 0 Å². The van der Waals surface area contributed by atoms with Crippen LogP contribution in [-0.2, 0) is 11.2 Å². The topological polar surface area (TPSA) is 71.7 Å². The molecule has 5 heterocycles. The zero-order valence-electron chi connectivity index (χ0n) is 21.2. The quantitative estimate of drug-likeness (QED) is 0.652. The summed E-state index contributed by atoms with van der Waals surface area (Å²) >= 11 is 0. The Morgan fingerprint density at radius 1 is 1.03 bits per heavy atom. The van der Waals surface area contributed by atoms with E-state index >= 15 is 0 Å². The minimum atomic E-state index is -2.85. The highest BCUT2D eigenvalue weighted by Gasteiger charge is 2.59. The Balaban J connectivity index is 1.29. The lowest BCUT2D eigenvalue weighted by Crippen LogP contribution is -2.59. The third kappa shape index (κ3) is 4.12. The van der Waals surface area contributed by atoms with Crippen LogP contribution in [0.1, 0.15) is 61.5 Å². The molecule has 37 heavy (non-hydrogen) atoms. The van der Waals surface area contributed by atoms with Gasteiger partial charge >= 0.3 is 0 Å². The molecule has 0 aliphatic carbocycles. The van der Waals surface area contributed by atoms with Crippen LogP contribution in [-0.4, -0.2) is 81.8 Å². The van der Waals surface area contributed by atoms with Crippen LogP contribution < -0.4 is 5.43 Å².